The lowest BCUT2D eigenvalue weighted by Gasteiger charge is -2.27. The minimum absolute atomic E-state index is 0.502. The summed E-state index contributed by atoms with van der Waals surface area (Å²) in [6.45, 7) is 4.61. The maximum Gasteiger partial charge on any atom is 0.191 e. The molecule has 0 atom stereocenters. The van der Waals surface area contributed by atoms with Gasteiger partial charge < -0.3 is 10.6 Å². The van der Waals surface area contributed by atoms with Crippen molar-refractivity contribution in [2.75, 3.05) is 33.2 Å². The Morgan fingerprint density at radius 2 is 2.47 bits per heavy atom. The zero-order chi connectivity index (χ0) is 13.5. The molecule has 0 aromatic carbocycles. The maximum absolute atomic E-state index is 5.21. The minimum Gasteiger partial charge on any atom is -0.355 e. The van der Waals surface area contributed by atoms with Gasteiger partial charge in [0.15, 0.2) is 5.96 Å². The molecule has 0 radical (unpaired) electrons. The first kappa shape index (κ1) is 13.9. The summed E-state index contributed by atoms with van der Waals surface area (Å²) in [6.07, 6.45) is 6.39. The van der Waals surface area contributed by atoms with Crippen molar-refractivity contribution in [1.29, 1.82) is 0 Å². The van der Waals surface area contributed by atoms with Crippen LogP contribution in [0.4, 0.5) is 0 Å². The largest absolute Gasteiger partial charge is 0.355 e. The van der Waals surface area contributed by atoms with Crippen LogP contribution < -0.4 is 10.6 Å². The van der Waals surface area contributed by atoms with Gasteiger partial charge in [-0.25, -0.2) is 0 Å². The molecule has 4 nitrogen and oxygen atoms in total. The number of aliphatic imine (C=N–C) groups is 1. The normalized spacial score (nSPS) is 15.7. The van der Waals surface area contributed by atoms with Crippen LogP contribution in [0.3, 0.4) is 0 Å². The molecule has 1 aliphatic rings. The lowest BCUT2D eigenvalue weighted by Crippen LogP contribution is -2.42. The standard InChI is InChI=1S/C14H20N4S/c1-3-6-16-14(15-2)17-7-9-18-8-4-13-12(11-18)5-10-19-13/h1,5,10H,4,6-9,11H2,2H3,(H2,15,16,17). The van der Waals surface area contributed by atoms with Crippen LogP contribution in [0.25, 0.3) is 0 Å². The highest BCUT2D eigenvalue weighted by molar-refractivity contribution is 7.10. The van der Waals surface area contributed by atoms with Gasteiger partial charge in [-0.2, -0.15) is 0 Å². The molecule has 1 aromatic rings. The Morgan fingerprint density at radius 1 is 1.58 bits per heavy atom. The van der Waals surface area contributed by atoms with Crippen LogP contribution in [0.2, 0.25) is 0 Å². The second kappa shape index (κ2) is 7.17. The van der Waals surface area contributed by atoms with Gasteiger partial charge in [0.05, 0.1) is 6.54 Å². The van der Waals surface area contributed by atoms with E-state index in [1.807, 2.05) is 11.3 Å². The number of hydrogen-bond donors (Lipinski definition) is 2. The molecular weight excluding hydrogens is 256 g/mol. The van der Waals surface area contributed by atoms with Gasteiger partial charge >= 0.3 is 0 Å². The SMILES string of the molecule is C#CCNC(=NC)NCCN1CCc2sccc2C1. The van der Waals surface area contributed by atoms with E-state index in [0.29, 0.717) is 6.54 Å². The van der Waals surface area contributed by atoms with Crippen LogP contribution in [-0.2, 0) is 13.0 Å². The van der Waals surface area contributed by atoms with Crippen molar-refractivity contribution in [2.24, 2.45) is 4.99 Å². The van der Waals surface area contributed by atoms with Crippen molar-refractivity contribution in [3.8, 4) is 12.3 Å². The second-order valence-electron chi connectivity index (χ2n) is 4.45. The van der Waals surface area contributed by atoms with Crippen LogP contribution in [-0.4, -0.2) is 44.1 Å². The van der Waals surface area contributed by atoms with E-state index in [1.54, 1.807) is 11.9 Å². The van der Waals surface area contributed by atoms with Crippen molar-refractivity contribution in [2.45, 2.75) is 13.0 Å². The van der Waals surface area contributed by atoms with Gasteiger partial charge in [-0.15, -0.1) is 17.8 Å². The lowest BCUT2D eigenvalue weighted by atomic mass is 10.1. The molecule has 2 rings (SSSR count). The molecule has 5 heteroatoms. The third-order valence-corrected chi connectivity index (χ3v) is 4.21. The van der Waals surface area contributed by atoms with E-state index in [4.69, 9.17) is 6.42 Å². The van der Waals surface area contributed by atoms with Crippen molar-refractivity contribution in [3.05, 3.63) is 21.9 Å². The Bertz CT molecular complexity index is 472. The predicted octanol–water partition coefficient (Wildman–Crippen LogP) is 0.904. The highest BCUT2D eigenvalue weighted by Gasteiger charge is 2.16. The summed E-state index contributed by atoms with van der Waals surface area (Å²) >= 11 is 1.88. The first-order chi connectivity index (χ1) is 9.33. The van der Waals surface area contributed by atoms with Gasteiger partial charge in [-0.1, -0.05) is 5.92 Å². The Labute approximate surface area is 118 Å². The summed E-state index contributed by atoms with van der Waals surface area (Å²) in [6, 6.07) is 2.24. The highest BCUT2D eigenvalue weighted by atomic mass is 32.1. The third-order valence-electron chi connectivity index (χ3n) is 3.19. The molecule has 0 spiro atoms. The Hall–Kier alpha value is -1.51. The molecule has 0 aliphatic carbocycles. The number of terminal acetylenes is 1. The average molecular weight is 276 g/mol. The Balaban J connectivity index is 1.71. The molecule has 102 valence electrons. The van der Waals surface area contributed by atoms with Gasteiger partial charge in [0.25, 0.3) is 0 Å². The molecule has 0 unspecified atom stereocenters. The summed E-state index contributed by atoms with van der Waals surface area (Å²) in [5.41, 5.74) is 1.49. The molecule has 2 N–H and O–H groups in total. The van der Waals surface area contributed by atoms with Crippen LogP contribution in [0.5, 0.6) is 0 Å². The molecule has 0 saturated heterocycles. The fourth-order valence-electron chi connectivity index (χ4n) is 2.19. The van der Waals surface area contributed by atoms with Gasteiger partial charge in [0.2, 0.25) is 0 Å². The first-order valence-corrected chi connectivity index (χ1v) is 7.37. The quantitative estimate of drug-likeness (QED) is 0.488. The van der Waals surface area contributed by atoms with E-state index in [2.05, 4.69) is 37.9 Å². The van der Waals surface area contributed by atoms with E-state index in [0.717, 1.165) is 32.1 Å². The maximum atomic E-state index is 5.21. The molecule has 1 aromatic heterocycles. The number of thiophene rings is 1. The fourth-order valence-corrected chi connectivity index (χ4v) is 3.08. The molecule has 0 saturated carbocycles. The van der Waals surface area contributed by atoms with E-state index < -0.39 is 0 Å². The van der Waals surface area contributed by atoms with Crippen molar-refractivity contribution in [3.63, 3.8) is 0 Å². The predicted molar refractivity (Wildman–Crippen MR) is 81.5 cm³/mol. The molecule has 0 amide bonds. The fraction of sp³-hybridized carbons (Fsp3) is 0.500. The van der Waals surface area contributed by atoms with E-state index in [9.17, 15) is 0 Å². The molecule has 1 aliphatic heterocycles. The number of nitrogens with one attached hydrogen (secondary N) is 2. The number of nitrogens with zero attached hydrogens (tertiary/aromatic N) is 2. The highest BCUT2D eigenvalue weighted by Crippen LogP contribution is 2.23. The zero-order valence-corrected chi connectivity index (χ0v) is 12.1. The molecule has 0 bridgehead atoms. The summed E-state index contributed by atoms with van der Waals surface area (Å²) in [4.78, 5) is 8.14. The van der Waals surface area contributed by atoms with Gasteiger partial charge in [0.1, 0.15) is 0 Å². The third kappa shape index (κ3) is 3.98. The van der Waals surface area contributed by atoms with Gasteiger partial charge in [-0.3, -0.25) is 9.89 Å². The van der Waals surface area contributed by atoms with Crippen LogP contribution >= 0.6 is 11.3 Å². The summed E-state index contributed by atoms with van der Waals surface area (Å²) in [7, 11) is 1.75. The van der Waals surface area contributed by atoms with E-state index in [1.165, 1.54) is 12.0 Å². The summed E-state index contributed by atoms with van der Waals surface area (Å²) in [5.74, 6) is 3.31. The van der Waals surface area contributed by atoms with Crippen LogP contribution in [0.15, 0.2) is 16.4 Å². The Kier molecular flexibility index (Phi) is 5.25. The summed E-state index contributed by atoms with van der Waals surface area (Å²) in [5, 5.41) is 8.52. The number of guanidine groups is 1. The topological polar surface area (TPSA) is 39.7 Å². The number of hydrogen-bond acceptors (Lipinski definition) is 3. The summed E-state index contributed by atoms with van der Waals surface area (Å²) < 4.78 is 0. The second-order valence-corrected chi connectivity index (χ2v) is 5.45. The van der Waals surface area contributed by atoms with Crippen molar-refractivity contribution >= 4 is 17.3 Å². The lowest BCUT2D eigenvalue weighted by molar-refractivity contribution is 0.260. The van der Waals surface area contributed by atoms with E-state index in [-0.39, 0.29) is 0 Å². The van der Waals surface area contributed by atoms with Crippen molar-refractivity contribution < 1.29 is 0 Å². The number of rotatable bonds is 4. The minimum atomic E-state index is 0.502. The number of fused-ring (bicyclic) bond motifs is 1. The van der Waals surface area contributed by atoms with E-state index >= 15 is 0 Å². The van der Waals surface area contributed by atoms with Gasteiger partial charge in [-0.05, 0) is 23.4 Å². The van der Waals surface area contributed by atoms with Crippen molar-refractivity contribution in [1.82, 2.24) is 15.5 Å². The molecule has 19 heavy (non-hydrogen) atoms. The average Bonchev–Trinajstić information content (AvgIpc) is 2.90. The monoisotopic (exact) mass is 276 g/mol. The van der Waals surface area contributed by atoms with Gasteiger partial charge in [0, 0.05) is 38.1 Å². The molecular formula is C14H20N4S. The molecule has 0 fully saturated rings. The molecule has 2 heterocycles. The smallest absolute Gasteiger partial charge is 0.191 e. The van der Waals surface area contributed by atoms with Crippen LogP contribution in [0.1, 0.15) is 10.4 Å². The Morgan fingerprint density at radius 3 is 3.26 bits per heavy atom. The zero-order valence-electron chi connectivity index (χ0n) is 11.3. The first-order valence-electron chi connectivity index (χ1n) is 6.49. The van der Waals surface area contributed by atoms with Crippen LogP contribution in [0, 0.1) is 12.3 Å².